The van der Waals surface area contributed by atoms with Gasteiger partial charge in [0, 0.05) is 36.4 Å². The van der Waals surface area contributed by atoms with Gasteiger partial charge in [-0.2, -0.15) is 37.0 Å². The van der Waals surface area contributed by atoms with E-state index < -0.39 is 133 Å². The van der Waals surface area contributed by atoms with Gasteiger partial charge in [0.05, 0.1) is 31.5 Å². The SMILES string of the molecule is CSCC[C@H](NC(=O)[C@@H]1CCCN1C(=O)[C@@H](N)CS)C(=O)N[C@@H](CCCCN)C(=O)N[C@@H](CO)C(=O)N[C@@H](Cc1cnc[nH]1)C(=O)N[C@H](C(=O)N[C@@H](CC(N)=O)C(=O)N[C@@H](CS)C(=O)O)[C@@H](C)O. The number of rotatable bonds is 31. The van der Waals surface area contributed by atoms with Crippen LogP contribution < -0.4 is 54.4 Å². The van der Waals surface area contributed by atoms with E-state index in [1.807, 2.05) is 0 Å². The first kappa shape index (κ1) is 58.9. The van der Waals surface area contributed by atoms with E-state index in [-0.39, 0.29) is 49.6 Å². The van der Waals surface area contributed by atoms with Crippen molar-refractivity contribution in [1.82, 2.24) is 52.1 Å². The number of carboxylic acids is 1. The maximum Gasteiger partial charge on any atom is 0.327 e. The van der Waals surface area contributed by atoms with Gasteiger partial charge in [0.25, 0.3) is 0 Å². The van der Waals surface area contributed by atoms with Crippen LogP contribution in [0.3, 0.4) is 0 Å². The van der Waals surface area contributed by atoms with Crippen LogP contribution in [0.1, 0.15) is 57.6 Å². The van der Waals surface area contributed by atoms with Crippen LogP contribution in [0.2, 0.25) is 0 Å². The first-order valence-corrected chi connectivity index (χ1v) is 24.3. The van der Waals surface area contributed by atoms with Crippen LogP contribution in [-0.2, 0) is 54.4 Å². The maximum absolute atomic E-state index is 13.9. The number of aliphatic hydroxyl groups is 2. The van der Waals surface area contributed by atoms with Gasteiger partial charge in [0.1, 0.15) is 48.3 Å². The zero-order valence-corrected chi connectivity index (χ0v) is 40.3. The molecule has 1 aliphatic rings. The standard InChI is InChI=1S/C39H65N13O13S3/c1-19(54)30(37(62)48-25(13-29(42)55)33(58)50-27(17-67)39(64)65)51-34(59)24(12-20-14-43-18-44-20)47-35(60)26(15-53)49-31(56)22(6-3-4-9-40)45-32(57)23(8-11-68-2)46-36(61)28-7-5-10-52(28)38(63)21(41)16-66/h14,18-19,21-28,30,53-54,66-67H,3-13,15-17,40-41H2,1-2H3,(H2,42,55)(H,43,44)(H,45,57)(H,46,61)(H,47,60)(H,48,62)(H,49,56)(H,50,58)(H,51,59)(H,64,65)/t19-,21+,22+,23+,24+,25+,26+,27+,28+,30+/m1/s1. The van der Waals surface area contributed by atoms with Crippen molar-refractivity contribution in [2.75, 3.05) is 43.2 Å². The Morgan fingerprint density at radius 2 is 1.40 bits per heavy atom. The predicted molar refractivity (Wildman–Crippen MR) is 252 cm³/mol. The molecule has 0 aliphatic carbocycles. The Balaban J connectivity index is 2.32. The molecule has 1 aliphatic heterocycles. The Hall–Kier alpha value is -5.20. The van der Waals surface area contributed by atoms with E-state index in [4.69, 9.17) is 17.2 Å². The van der Waals surface area contributed by atoms with Crippen molar-refractivity contribution in [2.45, 2.75) is 119 Å². The third-order valence-corrected chi connectivity index (χ3v) is 11.9. The second-order valence-electron chi connectivity index (χ2n) is 15.8. The van der Waals surface area contributed by atoms with Crippen LogP contribution >= 0.6 is 37.0 Å². The monoisotopic (exact) mass is 1020 g/mol. The lowest BCUT2D eigenvalue weighted by molar-refractivity contribution is -0.142. The number of thioether (sulfide) groups is 1. The summed E-state index contributed by atoms with van der Waals surface area (Å²) in [5.74, 6) is -9.72. The Morgan fingerprint density at radius 1 is 0.824 bits per heavy atom. The molecule has 10 atom stereocenters. The van der Waals surface area contributed by atoms with Crippen molar-refractivity contribution in [3.63, 3.8) is 0 Å². The molecule has 1 fully saturated rings. The van der Waals surface area contributed by atoms with Gasteiger partial charge in [0.15, 0.2) is 0 Å². The summed E-state index contributed by atoms with van der Waals surface area (Å²) in [4.78, 5) is 139. The van der Waals surface area contributed by atoms with Gasteiger partial charge in [-0.1, -0.05) is 0 Å². The second kappa shape index (κ2) is 30.3. The summed E-state index contributed by atoms with van der Waals surface area (Å²) < 4.78 is 0. The smallest absolute Gasteiger partial charge is 0.327 e. The van der Waals surface area contributed by atoms with Gasteiger partial charge in [-0.15, -0.1) is 0 Å². The summed E-state index contributed by atoms with van der Waals surface area (Å²) >= 11 is 9.34. The molecule has 2 rings (SSSR count). The van der Waals surface area contributed by atoms with Crippen molar-refractivity contribution < 1.29 is 63.3 Å². The highest BCUT2D eigenvalue weighted by Crippen LogP contribution is 2.19. The largest absolute Gasteiger partial charge is 0.480 e. The highest BCUT2D eigenvalue weighted by atomic mass is 32.2. The fraction of sp³-hybridized carbons (Fsp3) is 0.667. The van der Waals surface area contributed by atoms with E-state index in [0.29, 0.717) is 31.4 Å². The Labute approximate surface area is 407 Å². The Morgan fingerprint density at radius 3 is 1.94 bits per heavy atom. The average Bonchev–Trinajstić information content (AvgIpc) is 4.01. The molecular formula is C39H65N13O13S3. The van der Waals surface area contributed by atoms with Gasteiger partial charge in [-0.25, -0.2) is 9.78 Å². The molecule has 0 bridgehead atoms. The van der Waals surface area contributed by atoms with Crippen LogP contribution in [0.15, 0.2) is 12.5 Å². The van der Waals surface area contributed by atoms with Crippen LogP contribution in [-0.4, -0.2) is 193 Å². The number of unbranched alkanes of at least 4 members (excludes halogenated alkanes) is 1. The molecule has 1 aromatic heterocycles. The Kier molecular flexibility index (Phi) is 26.3. The number of carboxylic acid groups (broad SMARTS) is 1. The number of aliphatic carboxylic acids is 1. The van der Waals surface area contributed by atoms with Gasteiger partial charge >= 0.3 is 5.97 Å². The number of H-pyrrole nitrogens is 1. The first-order valence-electron chi connectivity index (χ1n) is 21.6. The first-order chi connectivity index (χ1) is 32.2. The van der Waals surface area contributed by atoms with E-state index in [0.717, 1.165) is 6.92 Å². The highest BCUT2D eigenvalue weighted by molar-refractivity contribution is 7.98. The number of carbonyl (C=O) groups is 10. The van der Waals surface area contributed by atoms with E-state index in [9.17, 15) is 63.3 Å². The number of thiol groups is 2. The molecule has 68 heavy (non-hydrogen) atoms. The van der Waals surface area contributed by atoms with E-state index in [2.05, 4.69) is 72.4 Å². The molecule has 1 saturated heterocycles. The average molecular weight is 1020 g/mol. The number of aliphatic hydroxyl groups excluding tert-OH is 2. The summed E-state index contributed by atoms with van der Waals surface area (Å²) in [7, 11) is 0. The minimum atomic E-state index is -1.86. The van der Waals surface area contributed by atoms with Crippen LogP contribution in [0.4, 0.5) is 0 Å². The lowest BCUT2D eigenvalue weighted by Crippen LogP contribution is -2.62. The fourth-order valence-electron chi connectivity index (χ4n) is 6.75. The van der Waals surface area contributed by atoms with Crippen molar-refractivity contribution in [3.8, 4) is 0 Å². The van der Waals surface area contributed by atoms with E-state index >= 15 is 0 Å². The number of aromatic amines is 1. The number of hydrogen-bond acceptors (Lipinski definition) is 18. The highest BCUT2D eigenvalue weighted by Gasteiger charge is 2.39. The van der Waals surface area contributed by atoms with Gasteiger partial charge in [0.2, 0.25) is 53.2 Å². The zero-order valence-electron chi connectivity index (χ0n) is 37.7. The number of imidazole rings is 1. The fourth-order valence-corrected chi connectivity index (χ4v) is 7.63. The summed E-state index contributed by atoms with van der Waals surface area (Å²) in [6.07, 6.45) is 3.31. The quantitative estimate of drug-likeness (QED) is 0.0243. The molecule has 2 heterocycles. The van der Waals surface area contributed by atoms with Gasteiger partial charge < -0.3 is 79.6 Å². The number of primary amides is 1. The molecule has 0 unspecified atom stereocenters. The van der Waals surface area contributed by atoms with E-state index in [1.54, 1.807) is 6.26 Å². The van der Waals surface area contributed by atoms with Crippen molar-refractivity contribution >= 4 is 96.2 Å². The second-order valence-corrected chi connectivity index (χ2v) is 17.5. The summed E-state index contributed by atoms with van der Waals surface area (Å²) in [5, 5.41) is 46.9. The summed E-state index contributed by atoms with van der Waals surface area (Å²) in [5.41, 5.74) is 17.1. The number of nitrogens with one attached hydrogen (secondary N) is 8. The molecule has 29 heteroatoms. The number of amides is 9. The number of hydrogen-bond donors (Lipinski definition) is 16. The molecule has 382 valence electrons. The van der Waals surface area contributed by atoms with Crippen molar-refractivity contribution in [3.05, 3.63) is 18.2 Å². The number of nitrogens with zero attached hydrogens (tertiary/aromatic N) is 2. The Bertz CT molecular complexity index is 1880. The molecule has 17 N–H and O–H groups in total. The van der Waals surface area contributed by atoms with Crippen molar-refractivity contribution in [2.24, 2.45) is 17.2 Å². The van der Waals surface area contributed by atoms with Crippen LogP contribution in [0.25, 0.3) is 0 Å². The lowest BCUT2D eigenvalue weighted by Gasteiger charge is -2.29. The van der Waals surface area contributed by atoms with Crippen LogP contribution in [0.5, 0.6) is 0 Å². The topological polar surface area (TPSA) is 426 Å². The molecule has 9 amide bonds. The maximum atomic E-state index is 13.9. The third kappa shape index (κ3) is 19.1. The predicted octanol–water partition coefficient (Wildman–Crippen LogP) is -6.26. The molecule has 1 aromatic rings. The molecule has 0 aromatic carbocycles. The molecular weight excluding hydrogens is 955 g/mol. The molecule has 0 spiro atoms. The number of nitrogens with two attached hydrogens (primary N) is 3. The van der Waals surface area contributed by atoms with Gasteiger partial charge in [-0.3, -0.25) is 43.2 Å². The van der Waals surface area contributed by atoms with Gasteiger partial charge in [-0.05, 0) is 64.0 Å². The van der Waals surface area contributed by atoms with Crippen LogP contribution in [0, 0.1) is 0 Å². The number of aromatic nitrogens is 2. The zero-order chi connectivity index (χ0) is 51.1. The summed E-state index contributed by atoms with van der Waals surface area (Å²) in [6, 6.07) is -12.8. The number of likely N-dealkylation sites (tertiary alicyclic amines) is 1. The van der Waals surface area contributed by atoms with Crippen molar-refractivity contribution in [1.29, 1.82) is 0 Å². The third-order valence-electron chi connectivity index (χ3n) is 10.5. The molecule has 26 nitrogen and oxygen atoms in total. The normalized spacial score (nSPS) is 17.4. The minimum Gasteiger partial charge on any atom is -0.480 e. The number of carbonyl (C=O) groups excluding carboxylic acids is 9. The van der Waals surface area contributed by atoms with E-state index in [1.165, 1.54) is 29.2 Å². The lowest BCUT2D eigenvalue weighted by atomic mass is 10.1. The summed E-state index contributed by atoms with van der Waals surface area (Å²) in [6.45, 7) is 0.616. The molecule has 0 radical (unpaired) electrons. The minimum absolute atomic E-state index is 0.00912. The molecule has 0 saturated carbocycles.